The maximum absolute atomic E-state index is 13.9. The fourth-order valence-electron chi connectivity index (χ4n) is 3.87. The summed E-state index contributed by atoms with van der Waals surface area (Å²) >= 11 is 0. The summed E-state index contributed by atoms with van der Waals surface area (Å²) in [6.07, 6.45) is -3.29. The average Bonchev–Trinajstić information content (AvgIpc) is 2.59. The van der Waals surface area contributed by atoms with Crippen molar-refractivity contribution in [3.63, 3.8) is 0 Å². The van der Waals surface area contributed by atoms with Crippen LogP contribution in [0.3, 0.4) is 0 Å². The summed E-state index contributed by atoms with van der Waals surface area (Å²) in [6, 6.07) is 8.11. The normalized spacial score (nSPS) is 18.8. The summed E-state index contributed by atoms with van der Waals surface area (Å²) in [5, 5.41) is 0. The molecule has 0 N–H and O–H groups in total. The molecule has 3 nitrogen and oxygen atoms in total. The second kappa shape index (κ2) is 8.42. The molecule has 1 atom stereocenters. The van der Waals surface area contributed by atoms with E-state index in [1.807, 2.05) is 14.1 Å². The molecule has 1 aliphatic rings. The first-order chi connectivity index (χ1) is 12.2. The van der Waals surface area contributed by atoms with Gasteiger partial charge in [0.15, 0.2) is 0 Å². The number of alkyl halides is 3. The van der Waals surface area contributed by atoms with Crippen LogP contribution in [0.1, 0.15) is 38.2 Å². The molecule has 0 aliphatic carbocycles. The Balaban J connectivity index is 1.99. The number of likely N-dealkylation sites (tertiary alicyclic amines) is 1. The molecule has 0 bridgehead atoms. The van der Waals surface area contributed by atoms with Gasteiger partial charge in [-0.1, -0.05) is 37.3 Å². The zero-order valence-corrected chi connectivity index (χ0v) is 15.9. The lowest BCUT2D eigenvalue weighted by Crippen LogP contribution is -2.52. The van der Waals surface area contributed by atoms with E-state index < -0.39 is 11.6 Å². The number of benzene rings is 1. The quantitative estimate of drug-likeness (QED) is 0.753. The first-order valence-corrected chi connectivity index (χ1v) is 9.20. The van der Waals surface area contributed by atoms with Crippen LogP contribution in [0, 0.1) is 5.92 Å². The number of amides is 1. The number of halogens is 3. The predicted octanol–water partition coefficient (Wildman–Crippen LogP) is 4.09. The summed E-state index contributed by atoms with van der Waals surface area (Å²) in [5.74, 6) is 0.358. The van der Waals surface area contributed by atoms with Gasteiger partial charge in [0.25, 0.3) is 0 Å². The molecule has 1 aromatic rings. The van der Waals surface area contributed by atoms with Crippen molar-refractivity contribution in [2.45, 2.75) is 44.2 Å². The van der Waals surface area contributed by atoms with E-state index in [4.69, 9.17) is 0 Å². The van der Waals surface area contributed by atoms with Gasteiger partial charge in [0, 0.05) is 26.1 Å². The van der Waals surface area contributed by atoms with E-state index in [2.05, 4.69) is 11.8 Å². The van der Waals surface area contributed by atoms with Crippen LogP contribution in [0.25, 0.3) is 0 Å². The fourth-order valence-corrected chi connectivity index (χ4v) is 3.87. The summed E-state index contributed by atoms with van der Waals surface area (Å²) in [4.78, 5) is 16.1. The van der Waals surface area contributed by atoms with E-state index >= 15 is 0 Å². The van der Waals surface area contributed by atoms with Gasteiger partial charge >= 0.3 is 6.18 Å². The number of carbonyl (C=O) groups is 1. The summed E-state index contributed by atoms with van der Waals surface area (Å²) < 4.78 is 41.6. The molecule has 0 radical (unpaired) electrons. The van der Waals surface area contributed by atoms with Crippen molar-refractivity contribution >= 4 is 5.91 Å². The fraction of sp³-hybridized carbons (Fsp3) is 0.650. The van der Waals surface area contributed by atoms with Crippen molar-refractivity contribution in [2.75, 3.05) is 33.7 Å². The highest BCUT2D eigenvalue weighted by Gasteiger charge is 2.56. The van der Waals surface area contributed by atoms with Gasteiger partial charge in [0.05, 0.1) is 5.41 Å². The van der Waals surface area contributed by atoms with Gasteiger partial charge in [-0.3, -0.25) is 4.79 Å². The van der Waals surface area contributed by atoms with E-state index in [0.29, 0.717) is 17.9 Å². The van der Waals surface area contributed by atoms with E-state index in [-0.39, 0.29) is 31.8 Å². The van der Waals surface area contributed by atoms with Crippen molar-refractivity contribution in [1.29, 1.82) is 0 Å². The number of hydrogen-bond donors (Lipinski definition) is 0. The van der Waals surface area contributed by atoms with Gasteiger partial charge in [-0.2, -0.15) is 13.2 Å². The third-order valence-electron chi connectivity index (χ3n) is 5.37. The van der Waals surface area contributed by atoms with Crippen molar-refractivity contribution < 1.29 is 18.0 Å². The lowest BCUT2D eigenvalue weighted by molar-refractivity contribution is -0.203. The van der Waals surface area contributed by atoms with Crippen molar-refractivity contribution in [3.8, 4) is 0 Å². The first-order valence-electron chi connectivity index (χ1n) is 9.20. The van der Waals surface area contributed by atoms with Crippen LogP contribution in [-0.4, -0.2) is 55.6 Å². The number of rotatable bonds is 6. The lowest BCUT2D eigenvalue weighted by Gasteiger charge is -2.43. The number of carbonyl (C=O) groups excluding carboxylic acids is 1. The Labute approximate surface area is 154 Å². The molecule has 1 saturated heterocycles. The molecule has 1 aliphatic heterocycles. The van der Waals surface area contributed by atoms with Gasteiger partial charge < -0.3 is 9.80 Å². The standard InChI is InChI=1S/C20H29F3N2O/c1-16(15-24(2)3)9-10-18(26)25-13-11-19(12-14-25,20(21,22)23)17-7-5-4-6-8-17/h4-8,16H,9-15H2,1-3H3. The van der Waals surface area contributed by atoms with Crippen LogP contribution in [0.5, 0.6) is 0 Å². The molecular formula is C20H29F3N2O. The molecule has 0 spiro atoms. The molecule has 146 valence electrons. The zero-order chi connectivity index (χ0) is 19.4. The predicted molar refractivity (Wildman–Crippen MR) is 96.9 cm³/mol. The molecule has 1 unspecified atom stereocenters. The largest absolute Gasteiger partial charge is 0.398 e. The highest BCUT2D eigenvalue weighted by atomic mass is 19.4. The second-order valence-corrected chi connectivity index (χ2v) is 7.73. The molecule has 1 amide bonds. The minimum Gasteiger partial charge on any atom is -0.343 e. The Kier molecular flexibility index (Phi) is 6.72. The Bertz CT molecular complexity index is 578. The Morgan fingerprint density at radius 3 is 2.27 bits per heavy atom. The van der Waals surface area contributed by atoms with Crippen LogP contribution in [0.2, 0.25) is 0 Å². The molecule has 26 heavy (non-hydrogen) atoms. The van der Waals surface area contributed by atoms with Crippen LogP contribution in [-0.2, 0) is 10.2 Å². The molecule has 0 saturated carbocycles. The topological polar surface area (TPSA) is 23.6 Å². The van der Waals surface area contributed by atoms with E-state index in [1.54, 1.807) is 35.2 Å². The van der Waals surface area contributed by atoms with Crippen LogP contribution >= 0.6 is 0 Å². The molecule has 1 heterocycles. The zero-order valence-electron chi connectivity index (χ0n) is 15.9. The monoisotopic (exact) mass is 370 g/mol. The summed E-state index contributed by atoms with van der Waals surface area (Å²) in [7, 11) is 3.98. The lowest BCUT2D eigenvalue weighted by atomic mass is 9.72. The van der Waals surface area contributed by atoms with Gasteiger partial charge in [0.1, 0.15) is 0 Å². The highest BCUT2D eigenvalue weighted by Crippen LogP contribution is 2.48. The Morgan fingerprint density at radius 1 is 1.19 bits per heavy atom. The third-order valence-corrected chi connectivity index (χ3v) is 5.37. The van der Waals surface area contributed by atoms with E-state index in [9.17, 15) is 18.0 Å². The second-order valence-electron chi connectivity index (χ2n) is 7.73. The Morgan fingerprint density at radius 2 is 1.77 bits per heavy atom. The summed E-state index contributed by atoms with van der Waals surface area (Å²) in [6.45, 7) is 3.32. The van der Waals surface area contributed by atoms with Crippen LogP contribution in [0.15, 0.2) is 30.3 Å². The van der Waals surface area contributed by atoms with Gasteiger partial charge in [-0.05, 0) is 44.8 Å². The van der Waals surface area contributed by atoms with Crippen molar-refractivity contribution in [2.24, 2.45) is 5.92 Å². The Hall–Kier alpha value is -1.56. The minimum absolute atomic E-state index is 0.0283. The number of piperidine rings is 1. The molecule has 6 heteroatoms. The van der Waals surface area contributed by atoms with E-state index in [0.717, 1.165) is 13.0 Å². The maximum atomic E-state index is 13.9. The van der Waals surface area contributed by atoms with Crippen LogP contribution in [0.4, 0.5) is 13.2 Å². The average molecular weight is 370 g/mol. The highest BCUT2D eigenvalue weighted by molar-refractivity contribution is 5.76. The van der Waals surface area contributed by atoms with Crippen LogP contribution < -0.4 is 0 Å². The smallest absolute Gasteiger partial charge is 0.343 e. The molecular weight excluding hydrogens is 341 g/mol. The summed E-state index contributed by atoms with van der Waals surface area (Å²) in [5.41, 5.74) is -1.54. The molecule has 1 aromatic carbocycles. The third kappa shape index (κ3) is 4.78. The van der Waals surface area contributed by atoms with E-state index in [1.165, 1.54) is 0 Å². The molecule has 2 rings (SSSR count). The van der Waals surface area contributed by atoms with Gasteiger partial charge in [0.2, 0.25) is 5.91 Å². The molecule has 0 aromatic heterocycles. The minimum atomic E-state index is -4.32. The number of hydrogen-bond acceptors (Lipinski definition) is 2. The first kappa shape index (κ1) is 20.7. The maximum Gasteiger partial charge on any atom is 0.398 e. The molecule has 1 fully saturated rings. The van der Waals surface area contributed by atoms with Gasteiger partial charge in [-0.25, -0.2) is 0 Å². The SMILES string of the molecule is CC(CCC(=O)N1CCC(c2ccccc2)(C(F)(F)F)CC1)CN(C)C. The van der Waals surface area contributed by atoms with Crippen molar-refractivity contribution in [3.05, 3.63) is 35.9 Å². The van der Waals surface area contributed by atoms with Crippen molar-refractivity contribution in [1.82, 2.24) is 9.80 Å². The van der Waals surface area contributed by atoms with Gasteiger partial charge in [-0.15, -0.1) is 0 Å². The number of nitrogens with zero attached hydrogens (tertiary/aromatic N) is 2.